The lowest BCUT2D eigenvalue weighted by molar-refractivity contribution is -0.126. The van der Waals surface area contributed by atoms with E-state index >= 15 is 0 Å². The molecule has 1 unspecified atom stereocenters. The number of benzene rings is 1. The molecule has 1 heterocycles. The molecule has 0 saturated carbocycles. The van der Waals surface area contributed by atoms with Crippen molar-refractivity contribution in [2.45, 2.75) is 50.5 Å². The van der Waals surface area contributed by atoms with Crippen LogP contribution in [0.25, 0.3) is 0 Å². The second-order valence-corrected chi connectivity index (χ2v) is 8.70. The van der Waals surface area contributed by atoms with Crippen molar-refractivity contribution in [3.05, 3.63) is 29.3 Å². The second kappa shape index (κ2) is 8.32. The van der Waals surface area contributed by atoms with E-state index in [1.165, 1.54) is 16.4 Å². The molecule has 2 rings (SSSR count). The van der Waals surface area contributed by atoms with Gasteiger partial charge in [-0.25, -0.2) is 8.42 Å². The summed E-state index contributed by atoms with van der Waals surface area (Å²) in [4.78, 5) is 12.5. The van der Waals surface area contributed by atoms with Crippen molar-refractivity contribution >= 4 is 27.5 Å². The Balaban J connectivity index is 1.94. The standard InChI is InChI=1S/C17H25ClN2O3S/c1-3-4-13(2)19-17(21)14-9-11-20(12-10-14)24(22,23)16-7-5-15(18)6-8-16/h5-8,13-14H,3-4,9-12H2,1-2H3,(H,19,21). The molecule has 1 N–H and O–H groups in total. The summed E-state index contributed by atoms with van der Waals surface area (Å²) in [6.07, 6.45) is 3.09. The number of amides is 1. The average molecular weight is 373 g/mol. The zero-order valence-electron chi connectivity index (χ0n) is 14.2. The van der Waals surface area contributed by atoms with Crippen molar-refractivity contribution in [1.82, 2.24) is 9.62 Å². The molecule has 1 aliphatic heterocycles. The molecule has 5 nitrogen and oxygen atoms in total. The van der Waals surface area contributed by atoms with E-state index < -0.39 is 10.0 Å². The molecule has 24 heavy (non-hydrogen) atoms. The zero-order chi connectivity index (χ0) is 17.7. The molecule has 0 bridgehead atoms. The van der Waals surface area contributed by atoms with Gasteiger partial charge in [-0.3, -0.25) is 4.79 Å². The summed E-state index contributed by atoms with van der Waals surface area (Å²) >= 11 is 5.81. The van der Waals surface area contributed by atoms with Crippen LogP contribution in [-0.4, -0.2) is 37.8 Å². The fourth-order valence-electron chi connectivity index (χ4n) is 2.98. The first kappa shape index (κ1) is 19.2. The van der Waals surface area contributed by atoms with Crippen molar-refractivity contribution < 1.29 is 13.2 Å². The molecule has 7 heteroatoms. The number of nitrogens with zero attached hydrogens (tertiary/aromatic N) is 1. The van der Waals surface area contributed by atoms with E-state index in [4.69, 9.17) is 11.6 Å². The van der Waals surface area contributed by atoms with E-state index in [0.717, 1.165) is 12.8 Å². The predicted octanol–water partition coefficient (Wildman–Crippen LogP) is 3.05. The van der Waals surface area contributed by atoms with Crippen LogP contribution in [0.1, 0.15) is 39.5 Å². The van der Waals surface area contributed by atoms with Gasteiger partial charge in [-0.15, -0.1) is 0 Å². The number of rotatable bonds is 6. The topological polar surface area (TPSA) is 66.5 Å². The quantitative estimate of drug-likeness (QED) is 0.834. The molecule has 0 aromatic heterocycles. The minimum absolute atomic E-state index is 0.0412. The summed E-state index contributed by atoms with van der Waals surface area (Å²) in [5.74, 6) is -0.0690. The number of hydrogen-bond acceptors (Lipinski definition) is 3. The first-order chi connectivity index (χ1) is 11.3. The molecule has 134 valence electrons. The van der Waals surface area contributed by atoms with Gasteiger partial charge in [0.05, 0.1) is 4.90 Å². The van der Waals surface area contributed by atoms with Crippen molar-refractivity contribution in [2.75, 3.05) is 13.1 Å². The maximum absolute atomic E-state index is 12.6. The summed E-state index contributed by atoms with van der Waals surface area (Å²) in [6.45, 7) is 4.82. The number of halogens is 1. The first-order valence-corrected chi connectivity index (χ1v) is 10.2. The van der Waals surface area contributed by atoms with E-state index in [0.29, 0.717) is 31.0 Å². The maximum atomic E-state index is 12.6. The van der Waals surface area contributed by atoms with Crippen molar-refractivity contribution in [1.29, 1.82) is 0 Å². The van der Waals surface area contributed by atoms with Gasteiger partial charge >= 0.3 is 0 Å². The van der Waals surface area contributed by atoms with Gasteiger partial charge in [0, 0.05) is 30.1 Å². The minimum Gasteiger partial charge on any atom is -0.353 e. The predicted molar refractivity (Wildman–Crippen MR) is 95.4 cm³/mol. The van der Waals surface area contributed by atoms with Gasteiger partial charge < -0.3 is 5.32 Å². The third-order valence-corrected chi connectivity index (χ3v) is 6.55. The summed E-state index contributed by atoms with van der Waals surface area (Å²) < 4.78 is 26.7. The number of piperidine rings is 1. The van der Waals surface area contributed by atoms with Crippen molar-refractivity contribution in [3.8, 4) is 0 Å². The van der Waals surface area contributed by atoms with E-state index in [9.17, 15) is 13.2 Å². The van der Waals surface area contributed by atoms with E-state index in [1.54, 1.807) is 12.1 Å². The number of sulfonamides is 1. The summed E-state index contributed by atoms with van der Waals surface area (Å²) in [5, 5.41) is 3.53. The van der Waals surface area contributed by atoms with Crippen molar-refractivity contribution in [2.24, 2.45) is 5.92 Å². The highest BCUT2D eigenvalue weighted by atomic mass is 35.5. The van der Waals surface area contributed by atoms with Crippen LogP contribution in [0.2, 0.25) is 5.02 Å². The lowest BCUT2D eigenvalue weighted by Gasteiger charge is -2.31. The monoisotopic (exact) mass is 372 g/mol. The van der Waals surface area contributed by atoms with E-state index in [-0.39, 0.29) is 22.8 Å². The molecule has 1 aromatic carbocycles. The molecule has 0 spiro atoms. The van der Waals surface area contributed by atoms with Gasteiger partial charge in [0.2, 0.25) is 15.9 Å². The van der Waals surface area contributed by atoms with Gasteiger partial charge in [-0.1, -0.05) is 24.9 Å². The average Bonchev–Trinajstić information content (AvgIpc) is 2.55. The van der Waals surface area contributed by atoms with Gasteiger partial charge in [0.15, 0.2) is 0 Å². The fraction of sp³-hybridized carbons (Fsp3) is 0.588. The maximum Gasteiger partial charge on any atom is 0.243 e. The van der Waals surface area contributed by atoms with Crippen molar-refractivity contribution in [3.63, 3.8) is 0 Å². The van der Waals surface area contributed by atoms with Gasteiger partial charge in [-0.2, -0.15) is 4.31 Å². The molecule has 1 aliphatic rings. The Morgan fingerprint density at radius 1 is 1.29 bits per heavy atom. The van der Waals surface area contributed by atoms with Crippen LogP contribution < -0.4 is 5.32 Å². The van der Waals surface area contributed by atoms with E-state index in [1.807, 2.05) is 6.92 Å². The Morgan fingerprint density at radius 3 is 2.42 bits per heavy atom. The van der Waals surface area contributed by atoms with Gasteiger partial charge in [0.25, 0.3) is 0 Å². The molecular formula is C17H25ClN2O3S. The molecular weight excluding hydrogens is 348 g/mol. The second-order valence-electron chi connectivity index (χ2n) is 6.33. The molecule has 0 radical (unpaired) electrons. The largest absolute Gasteiger partial charge is 0.353 e. The third kappa shape index (κ3) is 4.71. The minimum atomic E-state index is -3.52. The highest BCUT2D eigenvalue weighted by Gasteiger charge is 2.32. The van der Waals surface area contributed by atoms with Crippen LogP contribution in [0.4, 0.5) is 0 Å². The van der Waals surface area contributed by atoms with Crippen LogP contribution in [0, 0.1) is 5.92 Å². The number of carbonyl (C=O) groups excluding carboxylic acids is 1. The molecule has 1 aromatic rings. The Kier molecular flexibility index (Phi) is 6.66. The highest BCUT2D eigenvalue weighted by molar-refractivity contribution is 7.89. The summed E-state index contributed by atoms with van der Waals surface area (Å²) in [6, 6.07) is 6.34. The van der Waals surface area contributed by atoms with Crippen LogP contribution in [0.15, 0.2) is 29.2 Å². The number of carbonyl (C=O) groups is 1. The first-order valence-electron chi connectivity index (χ1n) is 8.40. The lowest BCUT2D eigenvalue weighted by Crippen LogP contribution is -2.44. The normalized spacial score (nSPS) is 18.3. The lowest BCUT2D eigenvalue weighted by atomic mass is 9.96. The molecule has 1 amide bonds. The van der Waals surface area contributed by atoms with Crippen LogP contribution >= 0.6 is 11.6 Å². The molecule has 1 fully saturated rings. The van der Waals surface area contributed by atoms with Crippen LogP contribution in [-0.2, 0) is 14.8 Å². The number of hydrogen-bond donors (Lipinski definition) is 1. The SMILES string of the molecule is CCCC(C)NC(=O)C1CCN(S(=O)(=O)c2ccc(Cl)cc2)CC1. The fourth-order valence-corrected chi connectivity index (χ4v) is 4.58. The smallest absolute Gasteiger partial charge is 0.243 e. The van der Waals surface area contributed by atoms with E-state index in [2.05, 4.69) is 12.2 Å². The number of nitrogens with one attached hydrogen (secondary N) is 1. The van der Waals surface area contributed by atoms with Gasteiger partial charge in [0.1, 0.15) is 0 Å². The highest BCUT2D eigenvalue weighted by Crippen LogP contribution is 2.25. The Morgan fingerprint density at radius 2 is 1.88 bits per heavy atom. The third-order valence-electron chi connectivity index (χ3n) is 4.39. The Labute approximate surface area is 149 Å². The molecule has 1 saturated heterocycles. The molecule has 0 aliphatic carbocycles. The summed E-state index contributed by atoms with van der Waals surface area (Å²) in [7, 11) is -3.52. The summed E-state index contributed by atoms with van der Waals surface area (Å²) in [5.41, 5.74) is 0. The molecule has 1 atom stereocenters. The Bertz CT molecular complexity index is 653. The van der Waals surface area contributed by atoms with Crippen LogP contribution in [0.3, 0.4) is 0 Å². The zero-order valence-corrected chi connectivity index (χ0v) is 15.7. The van der Waals surface area contributed by atoms with Crippen LogP contribution in [0.5, 0.6) is 0 Å². The Hall–Kier alpha value is -1.11. The van der Waals surface area contributed by atoms with Gasteiger partial charge in [-0.05, 0) is 50.5 Å².